The van der Waals surface area contributed by atoms with Crippen LogP contribution in [-0.2, 0) is 9.59 Å². The van der Waals surface area contributed by atoms with Gasteiger partial charge < -0.3 is 10.2 Å². The molecule has 104 valence electrons. The standard InChI is InChI=1S/C13H19N3O2S/c1-2-3-12(18)16(8-10-4-5-10)9-11(17)15-13-14-6-7-19-13/h6-7,10H,2-5,8-9H2,1H3,(H,14,15,17). The minimum atomic E-state index is -0.167. The molecule has 2 amide bonds. The molecule has 1 saturated carbocycles. The number of nitrogens with zero attached hydrogens (tertiary/aromatic N) is 2. The van der Waals surface area contributed by atoms with Gasteiger partial charge in [0.1, 0.15) is 0 Å². The smallest absolute Gasteiger partial charge is 0.245 e. The van der Waals surface area contributed by atoms with Crippen LogP contribution in [0.1, 0.15) is 32.6 Å². The number of anilines is 1. The third-order valence-electron chi connectivity index (χ3n) is 3.01. The molecule has 0 bridgehead atoms. The molecule has 1 aromatic heterocycles. The third-order valence-corrected chi connectivity index (χ3v) is 3.69. The van der Waals surface area contributed by atoms with Crippen molar-refractivity contribution < 1.29 is 9.59 Å². The number of hydrogen-bond donors (Lipinski definition) is 1. The Bertz CT molecular complexity index is 429. The maximum Gasteiger partial charge on any atom is 0.245 e. The number of hydrogen-bond acceptors (Lipinski definition) is 4. The van der Waals surface area contributed by atoms with Gasteiger partial charge >= 0.3 is 0 Å². The van der Waals surface area contributed by atoms with Crippen molar-refractivity contribution in [3.8, 4) is 0 Å². The molecule has 0 radical (unpaired) electrons. The second-order valence-corrected chi connectivity index (χ2v) is 5.75. The van der Waals surface area contributed by atoms with E-state index in [0.717, 1.165) is 6.42 Å². The summed E-state index contributed by atoms with van der Waals surface area (Å²) in [5.74, 6) is 0.497. The van der Waals surface area contributed by atoms with Gasteiger partial charge in [0, 0.05) is 24.5 Å². The lowest BCUT2D eigenvalue weighted by molar-refractivity contribution is -0.135. The first-order valence-electron chi connectivity index (χ1n) is 6.66. The van der Waals surface area contributed by atoms with E-state index in [2.05, 4.69) is 10.3 Å². The van der Waals surface area contributed by atoms with Crippen LogP contribution in [0.5, 0.6) is 0 Å². The van der Waals surface area contributed by atoms with E-state index < -0.39 is 0 Å². The fraction of sp³-hybridized carbons (Fsp3) is 0.615. The molecular formula is C13H19N3O2S. The van der Waals surface area contributed by atoms with E-state index in [4.69, 9.17) is 0 Å². The molecule has 0 spiro atoms. The summed E-state index contributed by atoms with van der Waals surface area (Å²) in [4.78, 5) is 29.6. The van der Waals surface area contributed by atoms with Crippen molar-refractivity contribution in [2.24, 2.45) is 5.92 Å². The average Bonchev–Trinajstić information content (AvgIpc) is 3.04. The summed E-state index contributed by atoms with van der Waals surface area (Å²) in [6, 6.07) is 0. The number of carbonyl (C=O) groups is 2. The fourth-order valence-electron chi connectivity index (χ4n) is 1.86. The third kappa shape index (κ3) is 4.63. The topological polar surface area (TPSA) is 62.3 Å². The molecule has 1 fully saturated rings. The van der Waals surface area contributed by atoms with Crippen LogP contribution in [0.25, 0.3) is 0 Å². The van der Waals surface area contributed by atoms with E-state index in [1.807, 2.05) is 6.92 Å². The van der Waals surface area contributed by atoms with Crippen LogP contribution in [0.3, 0.4) is 0 Å². The van der Waals surface area contributed by atoms with Crippen LogP contribution in [0.2, 0.25) is 0 Å². The molecule has 0 aromatic carbocycles. The quantitative estimate of drug-likeness (QED) is 0.832. The monoisotopic (exact) mass is 281 g/mol. The fourth-order valence-corrected chi connectivity index (χ4v) is 2.40. The predicted octanol–water partition coefficient (Wildman–Crippen LogP) is 2.12. The van der Waals surface area contributed by atoms with Gasteiger partial charge in [-0.15, -0.1) is 11.3 Å². The Hall–Kier alpha value is -1.43. The summed E-state index contributed by atoms with van der Waals surface area (Å²) >= 11 is 1.38. The van der Waals surface area contributed by atoms with Crippen LogP contribution in [0.15, 0.2) is 11.6 Å². The van der Waals surface area contributed by atoms with Gasteiger partial charge in [-0.25, -0.2) is 4.98 Å². The molecule has 5 nitrogen and oxygen atoms in total. The molecule has 0 saturated heterocycles. The molecule has 2 rings (SSSR count). The van der Waals surface area contributed by atoms with Crippen molar-refractivity contribution in [1.82, 2.24) is 9.88 Å². The maximum absolute atomic E-state index is 12.0. The van der Waals surface area contributed by atoms with Gasteiger partial charge in [0.15, 0.2) is 5.13 Å². The molecule has 19 heavy (non-hydrogen) atoms. The van der Waals surface area contributed by atoms with Crippen molar-refractivity contribution in [2.45, 2.75) is 32.6 Å². The first kappa shape index (κ1) is 14.0. The van der Waals surface area contributed by atoms with E-state index in [9.17, 15) is 9.59 Å². The highest BCUT2D eigenvalue weighted by molar-refractivity contribution is 7.13. The highest BCUT2D eigenvalue weighted by Crippen LogP contribution is 2.29. The van der Waals surface area contributed by atoms with Crippen molar-refractivity contribution in [1.29, 1.82) is 0 Å². The van der Waals surface area contributed by atoms with Crippen LogP contribution >= 0.6 is 11.3 Å². The molecule has 0 aliphatic heterocycles. The number of nitrogens with one attached hydrogen (secondary N) is 1. The summed E-state index contributed by atoms with van der Waals surface area (Å²) in [6.45, 7) is 2.82. The molecule has 1 aliphatic carbocycles. The zero-order valence-corrected chi connectivity index (χ0v) is 11.9. The van der Waals surface area contributed by atoms with E-state index in [1.165, 1.54) is 24.2 Å². The number of aromatic nitrogens is 1. The van der Waals surface area contributed by atoms with E-state index >= 15 is 0 Å². The summed E-state index contributed by atoms with van der Waals surface area (Å²) in [6.07, 6.45) is 5.31. The number of carbonyl (C=O) groups excluding carboxylic acids is 2. The van der Waals surface area contributed by atoms with Crippen LogP contribution in [-0.4, -0.2) is 34.8 Å². The Balaban J connectivity index is 1.86. The molecule has 1 heterocycles. The summed E-state index contributed by atoms with van der Waals surface area (Å²) in [7, 11) is 0. The van der Waals surface area contributed by atoms with Crippen molar-refractivity contribution in [2.75, 3.05) is 18.4 Å². The Labute approximate surface area is 117 Å². The Kier molecular flexibility index (Phi) is 4.90. The molecule has 6 heteroatoms. The molecule has 0 unspecified atom stereocenters. The minimum Gasteiger partial charge on any atom is -0.333 e. The van der Waals surface area contributed by atoms with E-state index in [0.29, 0.717) is 24.0 Å². The van der Waals surface area contributed by atoms with Gasteiger partial charge in [0.2, 0.25) is 11.8 Å². The summed E-state index contributed by atoms with van der Waals surface area (Å²) in [5, 5.41) is 5.11. The molecular weight excluding hydrogens is 262 g/mol. The Morgan fingerprint density at radius 2 is 2.32 bits per heavy atom. The normalized spacial score (nSPS) is 14.2. The summed E-state index contributed by atoms with van der Waals surface area (Å²) in [5.41, 5.74) is 0. The number of amides is 2. The first-order chi connectivity index (χ1) is 9.19. The van der Waals surface area contributed by atoms with Gasteiger partial charge in [-0.05, 0) is 25.2 Å². The largest absolute Gasteiger partial charge is 0.333 e. The Morgan fingerprint density at radius 3 is 2.89 bits per heavy atom. The van der Waals surface area contributed by atoms with Crippen LogP contribution in [0, 0.1) is 5.92 Å². The van der Waals surface area contributed by atoms with Gasteiger partial charge in [0.05, 0.1) is 6.54 Å². The molecule has 1 aromatic rings. The highest BCUT2D eigenvalue weighted by atomic mass is 32.1. The lowest BCUT2D eigenvalue weighted by Crippen LogP contribution is -2.39. The van der Waals surface area contributed by atoms with Crippen molar-refractivity contribution in [3.63, 3.8) is 0 Å². The number of thiazole rings is 1. The van der Waals surface area contributed by atoms with E-state index in [1.54, 1.807) is 16.5 Å². The van der Waals surface area contributed by atoms with E-state index in [-0.39, 0.29) is 18.4 Å². The highest BCUT2D eigenvalue weighted by Gasteiger charge is 2.27. The van der Waals surface area contributed by atoms with Gasteiger partial charge in [-0.1, -0.05) is 6.92 Å². The van der Waals surface area contributed by atoms with Crippen molar-refractivity contribution >= 4 is 28.3 Å². The van der Waals surface area contributed by atoms with Gasteiger partial charge in [0.25, 0.3) is 0 Å². The second-order valence-electron chi connectivity index (χ2n) is 4.85. The van der Waals surface area contributed by atoms with Gasteiger partial charge in [-0.3, -0.25) is 9.59 Å². The Morgan fingerprint density at radius 1 is 1.53 bits per heavy atom. The average molecular weight is 281 g/mol. The van der Waals surface area contributed by atoms with Crippen molar-refractivity contribution in [3.05, 3.63) is 11.6 Å². The molecule has 1 N–H and O–H groups in total. The zero-order chi connectivity index (χ0) is 13.7. The zero-order valence-electron chi connectivity index (χ0n) is 11.1. The lowest BCUT2D eigenvalue weighted by atomic mass is 10.2. The van der Waals surface area contributed by atoms with Gasteiger partial charge in [-0.2, -0.15) is 0 Å². The minimum absolute atomic E-state index is 0.0729. The second kappa shape index (κ2) is 6.65. The first-order valence-corrected chi connectivity index (χ1v) is 7.54. The lowest BCUT2D eigenvalue weighted by Gasteiger charge is -2.21. The summed E-state index contributed by atoms with van der Waals surface area (Å²) < 4.78 is 0. The molecule has 1 aliphatic rings. The predicted molar refractivity (Wildman–Crippen MR) is 75.0 cm³/mol. The SMILES string of the molecule is CCCC(=O)N(CC(=O)Nc1nccs1)CC1CC1. The van der Waals surface area contributed by atoms with Crippen LogP contribution < -0.4 is 5.32 Å². The van der Waals surface area contributed by atoms with Crippen LogP contribution in [0.4, 0.5) is 5.13 Å². The maximum atomic E-state index is 12.0. The molecule has 0 atom stereocenters. The number of rotatable bonds is 7.